The van der Waals surface area contributed by atoms with E-state index >= 15 is 0 Å². The van der Waals surface area contributed by atoms with Crippen LogP contribution in [0.5, 0.6) is 0 Å². The average molecular weight is 855 g/mol. The average Bonchev–Trinajstić information content (AvgIpc) is 3.83. The molecule has 0 unspecified atom stereocenters. The maximum atomic E-state index is 2.61. The van der Waals surface area contributed by atoms with E-state index in [0.717, 1.165) is 0 Å². The first-order valence-corrected chi connectivity index (χ1v) is 24.4. The van der Waals surface area contributed by atoms with E-state index in [4.69, 9.17) is 0 Å². The third kappa shape index (κ3) is 6.40. The van der Waals surface area contributed by atoms with Crippen LogP contribution in [0.4, 0.5) is 34.1 Å². The smallest absolute Gasteiger partial charge is 0.264 e. The van der Waals surface area contributed by atoms with Gasteiger partial charge in [-0.2, -0.15) is 0 Å². The Morgan fingerprint density at radius 3 is 1.83 bits per heavy atom. The number of nitrogens with zero attached hydrogens (tertiary/aromatic N) is 2. The molecule has 2 nitrogen and oxygen atoms in total. The highest BCUT2D eigenvalue weighted by molar-refractivity contribution is 7.33. The summed E-state index contributed by atoms with van der Waals surface area (Å²) in [7, 11) is 0. The quantitative estimate of drug-likeness (QED) is 0.159. The topological polar surface area (TPSA) is 6.48 Å². The first-order valence-electron chi connectivity index (χ1n) is 22.8. The van der Waals surface area contributed by atoms with Crippen molar-refractivity contribution in [1.82, 2.24) is 0 Å². The maximum Gasteiger partial charge on any atom is 0.264 e. The molecule has 9 aromatic rings. The molecule has 4 heterocycles. The summed E-state index contributed by atoms with van der Waals surface area (Å²) < 4.78 is 5.42. The highest BCUT2D eigenvalue weighted by atomic mass is 32.1. The highest BCUT2D eigenvalue weighted by Crippen LogP contribution is 2.51. The van der Waals surface area contributed by atoms with E-state index in [0.29, 0.717) is 11.8 Å². The monoisotopic (exact) mass is 854 g/mol. The number of fused-ring (bicyclic) bond motifs is 9. The lowest BCUT2D eigenvalue weighted by Gasteiger charge is -2.43. The molecule has 0 saturated heterocycles. The molecule has 0 fully saturated rings. The molecule has 2 aromatic heterocycles. The second kappa shape index (κ2) is 14.5. The van der Waals surface area contributed by atoms with E-state index in [1.54, 1.807) is 0 Å². The van der Waals surface area contributed by atoms with E-state index < -0.39 is 0 Å². The third-order valence-electron chi connectivity index (χ3n) is 13.7. The zero-order chi connectivity index (χ0) is 43.7. The molecule has 0 amide bonds. The fourth-order valence-electron chi connectivity index (χ4n) is 10.1. The number of benzene rings is 7. The largest absolute Gasteiger partial charge is 0.311 e. The van der Waals surface area contributed by atoms with Crippen LogP contribution < -0.4 is 25.5 Å². The first-order chi connectivity index (χ1) is 30.2. The molecule has 0 atom stereocenters. The van der Waals surface area contributed by atoms with E-state index in [1.165, 1.54) is 113 Å². The second-order valence-corrected chi connectivity index (χ2v) is 22.8. The van der Waals surface area contributed by atoms with Crippen LogP contribution in [0.3, 0.4) is 0 Å². The molecule has 312 valence electrons. The second-order valence-electron chi connectivity index (χ2n) is 20.6. The predicted octanol–water partition coefficient (Wildman–Crippen LogP) is 15.9. The van der Waals surface area contributed by atoms with E-state index in [-0.39, 0.29) is 17.5 Å². The Hall–Kier alpha value is -5.62. The molecule has 0 radical (unpaired) electrons. The minimum Gasteiger partial charge on any atom is -0.311 e. The molecular weight excluding hydrogens is 800 g/mol. The molecule has 5 heteroatoms. The van der Waals surface area contributed by atoms with Gasteiger partial charge in [0.1, 0.15) is 0 Å². The first kappa shape index (κ1) is 40.2. The lowest BCUT2D eigenvalue weighted by Crippen LogP contribution is -2.60. The van der Waals surface area contributed by atoms with Gasteiger partial charge in [0.05, 0.1) is 11.4 Å². The summed E-state index contributed by atoms with van der Waals surface area (Å²) in [6, 6.07) is 54.3. The molecule has 2 aliphatic heterocycles. The Labute approximate surface area is 381 Å². The van der Waals surface area contributed by atoms with Crippen molar-refractivity contribution in [3.05, 3.63) is 162 Å². The zero-order valence-electron chi connectivity index (χ0n) is 38.2. The number of rotatable bonds is 5. The van der Waals surface area contributed by atoms with Crippen molar-refractivity contribution in [2.24, 2.45) is 0 Å². The molecule has 63 heavy (non-hydrogen) atoms. The van der Waals surface area contributed by atoms with Crippen LogP contribution in [-0.2, 0) is 10.8 Å². The minimum absolute atomic E-state index is 0.0223. The number of thiophene rings is 2. The Morgan fingerprint density at radius 1 is 0.476 bits per heavy atom. The summed E-state index contributed by atoms with van der Waals surface area (Å²) in [6.45, 7) is 23.3. The maximum absolute atomic E-state index is 2.61. The Bertz CT molecular complexity index is 3280. The molecule has 0 N–H and O–H groups in total. The lowest BCUT2D eigenvalue weighted by molar-refractivity contribution is 0.590. The lowest BCUT2D eigenvalue weighted by atomic mass is 9.36. The standard InChI is InChI=1S/C58H55BN2S2/c1-34(2)36-18-24-41(25-19-36)60-49-15-13-16-50-54(49)59(56-55(60)45-33-40(58(8,9)10)23-29-53(45)63-56)46-31-37(35(3)4)20-26-48(46)61(50)47-27-22-39(57(5,6)7)32-43(47)38-21-28-52-44(30-38)42-14-11-12-17-51(42)62-52/h11-35H,1-10H3. The Balaban J connectivity index is 1.22. The van der Waals surface area contributed by atoms with Gasteiger partial charge in [-0.1, -0.05) is 136 Å². The van der Waals surface area contributed by atoms with Gasteiger partial charge < -0.3 is 9.80 Å². The van der Waals surface area contributed by atoms with Gasteiger partial charge in [-0.05, 0) is 134 Å². The summed E-state index contributed by atoms with van der Waals surface area (Å²) >= 11 is 3.87. The van der Waals surface area contributed by atoms with Gasteiger partial charge in [-0.3, -0.25) is 0 Å². The van der Waals surface area contributed by atoms with Crippen LogP contribution in [0.1, 0.15) is 103 Å². The van der Waals surface area contributed by atoms with Gasteiger partial charge in [-0.25, -0.2) is 0 Å². The summed E-state index contributed by atoms with van der Waals surface area (Å²) in [4.78, 5) is 5.22. The minimum atomic E-state index is -0.0223. The number of anilines is 6. The fourth-order valence-corrected chi connectivity index (χ4v) is 12.5. The van der Waals surface area contributed by atoms with Crippen LogP contribution in [0.2, 0.25) is 0 Å². The van der Waals surface area contributed by atoms with Gasteiger partial charge in [0.15, 0.2) is 0 Å². The summed E-state index contributed by atoms with van der Waals surface area (Å²) in [5.41, 5.74) is 18.2. The molecule has 2 aliphatic rings. The predicted molar refractivity (Wildman–Crippen MR) is 280 cm³/mol. The highest BCUT2D eigenvalue weighted by Gasteiger charge is 2.45. The summed E-state index contributed by atoms with van der Waals surface area (Å²) in [5.74, 6) is 0.851. The van der Waals surface area contributed by atoms with Crippen molar-refractivity contribution in [1.29, 1.82) is 0 Å². The Kier molecular flexibility index (Phi) is 9.22. The normalized spacial score (nSPS) is 13.7. The molecule has 11 rings (SSSR count). The molecule has 0 saturated carbocycles. The third-order valence-corrected chi connectivity index (χ3v) is 16.1. The van der Waals surface area contributed by atoms with Gasteiger partial charge in [0.2, 0.25) is 0 Å². The van der Waals surface area contributed by atoms with Crippen LogP contribution >= 0.6 is 22.7 Å². The summed E-state index contributed by atoms with van der Waals surface area (Å²) in [6.07, 6.45) is 0. The molecular formula is C58H55BN2S2. The van der Waals surface area contributed by atoms with Crippen LogP contribution in [-0.4, -0.2) is 6.71 Å². The van der Waals surface area contributed by atoms with Gasteiger partial charge in [0.25, 0.3) is 6.71 Å². The fraction of sp³-hybridized carbons (Fsp3) is 0.241. The van der Waals surface area contributed by atoms with Crippen molar-refractivity contribution in [3.8, 4) is 11.1 Å². The van der Waals surface area contributed by atoms with Gasteiger partial charge in [-0.15, -0.1) is 22.7 Å². The number of hydrogen-bond donors (Lipinski definition) is 0. The van der Waals surface area contributed by atoms with Crippen LogP contribution in [0.25, 0.3) is 41.4 Å². The van der Waals surface area contributed by atoms with Crippen LogP contribution in [0.15, 0.2) is 140 Å². The SMILES string of the molecule is CC(C)c1ccc(N2c3cccc4c3B(c3cc(C(C)C)ccc3N4c3ccc(C(C)(C)C)cc3-c3ccc4sc5ccccc5c4c3)c3sc4ccc(C(C)(C)C)cc4c32)cc1. The summed E-state index contributed by atoms with van der Waals surface area (Å²) in [5, 5.41) is 3.99. The molecule has 7 aromatic carbocycles. The van der Waals surface area contributed by atoms with E-state index in [1.807, 2.05) is 22.7 Å². The molecule has 0 aliphatic carbocycles. The van der Waals surface area contributed by atoms with Crippen molar-refractivity contribution in [2.45, 2.75) is 91.9 Å². The number of hydrogen-bond acceptors (Lipinski definition) is 4. The molecule has 0 bridgehead atoms. The zero-order valence-corrected chi connectivity index (χ0v) is 39.9. The van der Waals surface area contributed by atoms with Crippen molar-refractivity contribution in [2.75, 3.05) is 9.80 Å². The van der Waals surface area contributed by atoms with E-state index in [2.05, 4.69) is 219 Å². The van der Waals surface area contributed by atoms with Crippen molar-refractivity contribution in [3.63, 3.8) is 0 Å². The Morgan fingerprint density at radius 2 is 1.10 bits per heavy atom. The van der Waals surface area contributed by atoms with Crippen LogP contribution in [0, 0.1) is 0 Å². The van der Waals surface area contributed by atoms with Gasteiger partial charge >= 0.3 is 0 Å². The van der Waals surface area contributed by atoms with Gasteiger partial charge in [0, 0.05) is 63.3 Å². The van der Waals surface area contributed by atoms with Crippen molar-refractivity contribution < 1.29 is 0 Å². The van der Waals surface area contributed by atoms with Crippen molar-refractivity contribution >= 4 is 109 Å². The molecule has 0 spiro atoms. The van der Waals surface area contributed by atoms with E-state index in [9.17, 15) is 0 Å².